The molecular weight excluding hydrogens is 600 g/mol. The first kappa shape index (κ1) is 36.4. The first-order chi connectivity index (χ1) is 21.6. The van der Waals surface area contributed by atoms with Gasteiger partial charge in [0.15, 0.2) is 0 Å². The second-order valence-electron chi connectivity index (χ2n) is 13.4. The van der Waals surface area contributed by atoms with Gasteiger partial charge in [0.2, 0.25) is 11.8 Å². The van der Waals surface area contributed by atoms with Crippen LogP contribution in [-0.4, -0.2) is 131 Å². The number of likely N-dealkylation sites (tertiary alicyclic amines) is 2. The largest absolute Gasteiger partial charge is 0.460 e. The molecule has 4 amide bonds. The fourth-order valence-electron chi connectivity index (χ4n) is 5.13. The normalized spacial score (nSPS) is 21.0. The monoisotopic (exact) mass is 648 g/mol. The van der Waals surface area contributed by atoms with Gasteiger partial charge in [-0.3, -0.25) is 19.4 Å². The Kier molecular flexibility index (Phi) is 12.6. The average Bonchev–Trinajstić information content (AvgIpc) is 3.63. The fourth-order valence-corrected chi connectivity index (χ4v) is 5.13. The van der Waals surface area contributed by atoms with Gasteiger partial charge < -0.3 is 28.7 Å². The number of carbonyl (C=O) groups is 6. The van der Waals surface area contributed by atoms with E-state index in [9.17, 15) is 28.8 Å². The van der Waals surface area contributed by atoms with Gasteiger partial charge in [-0.05, 0) is 79.4 Å². The number of rotatable bonds is 10. The van der Waals surface area contributed by atoms with E-state index in [-0.39, 0.29) is 51.2 Å². The molecule has 0 aliphatic carbocycles. The summed E-state index contributed by atoms with van der Waals surface area (Å²) in [7, 11) is 0. The molecule has 3 aliphatic heterocycles. The highest BCUT2D eigenvalue weighted by Crippen LogP contribution is 2.23. The zero-order chi connectivity index (χ0) is 34.1. The summed E-state index contributed by atoms with van der Waals surface area (Å²) >= 11 is 0. The lowest BCUT2D eigenvalue weighted by atomic mass is 10.2. The molecule has 0 unspecified atom stereocenters. The third-order valence-electron chi connectivity index (χ3n) is 7.29. The predicted molar refractivity (Wildman–Crippen MR) is 165 cm³/mol. The molecule has 3 aliphatic rings. The highest BCUT2D eigenvalue weighted by molar-refractivity contribution is 5.92. The van der Waals surface area contributed by atoms with E-state index in [0.717, 1.165) is 0 Å². The minimum absolute atomic E-state index is 0.0330. The van der Waals surface area contributed by atoms with Gasteiger partial charge >= 0.3 is 24.1 Å². The summed E-state index contributed by atoms with van der Waals surface area (Å²) in [6.07, 6.45) is 7.75. The van der Waals surface area contributed by atoms with Crippen LogP contribution in [0, 0.1) is 0 Å². The van der Waals surface area contributed by atoms with Crippen LogP contribution in [-0.2, 0) is 38.1 Å². The Balaban J connectivity index is 1.34. The van der Waals surface area contributed by atoms with Gasteiger partial charge in [-0.25, -0.2) is 19.2 Å². The summed E-state index contributed by atoms with van der Waals surface area (Å²) in [5.41, 5.74) is -1.34. The number of nitrogens with zero attached hydrogens (tertiary/aromatic N) is 4. The van der Waals surface area contributed by atoms with Crippen molar-refractivity contribution in [3.8, 4) is 0 Å². The van der Waals surface area contributed by atoms with Crippen molar-refractivity contribution < 1.29 is 47.7 Å². The van der Waals surface area contributed by atoms with E-state index >= 15 is 0 Å². The van der Waals surface area contributed by atoms with Crippen LogP contribution in [0.4, 0.5) is 9.59 Å². The van der Waals surface area contributed by atoms with Crippen molar-refractivity contribution >= 4 is 35.9 Å². The van der Waals surface area contributed by atoms with Crippen LogP contribution >= 0.6 is 0 Å². The maximum atomic E-state index is 12.6. The van der Waals surface area contributed by atoms with Gasteiger partial charge in [0.05, 0.1) is 0 Å². The molecule has 0 bridgehead atoms. The number of esters is 2. The Morgan fingerprint density at radius 1 is 0.652 bits per heavy atom. The molecule has 0 aromatic heterocycles. The molecular formula is C32H48N4O10. The lowest BCUT2D eigenvalue weighted by Gasteiger charge is -2.32. The van der Waals surface area contributed by atoms with E-state index in [1.54, 1.807) is 65.8 Å². The van der Waals surface area contributed by atoms with Crippen molar-refractivity contribution in [3.63, 3.8) is 0 Å². The van der Waals surface area contributed by atoms with Gasteiger partial charge in [0.1, 0.15) is 49.6 Å². The first-order valence-electron chi connectivity index (χ1n) is 15.7. The average molecular weight is 649 g/mol. The maximum absolute atomic E-state index is 12.6. The van der Waals surface area contributed by atoms with Crippen molar-refractivity contribution in [2.75, 3.05) is 52.5 Å². The number of ether oxygens (including phenoxy) is 4. The highest BCUT2D eigenvalue weighted by Gasteiger charge is 2.39. The van der Waals surface area contributed by atoms with Crippen molar-refractivity contribution in [1.82, 2.24) is 19.6 Å². The molecule has 2 atom stereocenters. The van der Waals surface area contributed by atoms with Gasteiger partial charge in [-0.15, -0.1) is 0 Å². The van der Waals surface area contributed by atoms with Gasteiger partial charge in [-0.2, -0.15) is 0 Å². The number of amides is 4. The molecule has 0 radical (unpaired) electrons. The molecule has 3 fully saturated rings. The summed E-state index contributed by atoms with van der Waals surface area (Å²) < 4.78 is 21.4. The number of hydrogen-bond acceptors (Lipinski definition) is 10. The molecule has 0 aromatic rings. The van der Waals surface area contributed by atoms with Crippen LogP contribution in [0.5, 0.6) is 0 Å². The standard InChI is InChI=1S/C32H48N4O10/c1-31(2,3)45-29(41)35-17-11-13-23(35)27(39)43-19-9-7-15-33-21-26(38)34(22-25(33)37)16-8-10-20-44-28(40)24-14-12-18-36(24)30(42)46-32(4,5)6/h7-10,23-24H,11-22H2,1-6H3/b9-7+,10-8+/t23-,24-/m0/s1. The van der Waals surface area contributed by atoms with Crippen LogP contribution in [0.15, 0.2) is 24.3 Å². The Morgan fingerprint density at radius 2 is 1.02 bits per heavy atom. The second-order valence-corrected chi connectivity index (χ2v) is 13.4. The van der Waals surface area contributed by atoms with Crippen molar-refractivity contribution in [1.29, 1.82) is 0 Å². The van der Waals surface area contributed by atoms with Crippen LogP contribution in [0.25, 0.3) is 0 Å². The summed E-state index contributed by atoms with van der Waals surface area (Å²) in [5.74, 6) is -1.50. The van der Waals surface area contributed by atoms with Crippen molar-refractivity contribution in [2.45, 2.75) is 90.5 Å². The van der Waals surface area contributed by atoms with Gasteiger partial charge in [-0.1, -0.05) is 12.2 Å². The summed E-state index contributed by atoms with van der Waals surface area (Å²) in [4.78, 5) is 80.7. The van der Waals surface area contributed by atoms with E-state index in [1.165, 1.54) is 19.6 Å². The molecule has 256 valence electrons. The van der Waals surface area contributed by atoms with E-state index in [2.05, 4.69) is 0 Å². The molecule has 3 saturated heterocycles. The van der Waals surface area contributed by atoms with E-state index in [1.807, 2.05) is 0 Å². The summed E-state index contributed by atoms with van der Waals surface area (Å²) in [6.45, 7) is 11.5. The topological polar surface area (TPSA) is 152 Å². The van der Waals surface area contributed by atoms with Crippen molar-refractivity contribution in [2.24, 2.45) is 0 Å². The van der Waals surface area contributed by atoms with Crippen LogP contribution in [0.3, 0.4) is 0 Å². The van der Waals surface area contributed by atoms with E-state index in [0.29, 0.717) is 38.8 Å². The molecule has 0 saturated carbocycles. The lowest BCUT2D eigenvalue weighted by Crippen LogP contribution is -2.53. The second kappa shape index (κ2) is 15.9. The Hall–Kier alpha value is -4.10. The SMILES string of the molecule is CC(C)(C)OC(=O)N1CCC[C@H]1C(=O)OC/C=C/CN1CC(=O)N(C/C=C/COC(=O)[C@@H]2CCCN2C(=O)OC(C)(C)C)CC1=O. The lowest BCUT2D eigenvalue weighted by molar-refractivity contribution is -0.149. The minimum Gasteiger partial charge on any atom is -0.460 e. The minimum atomic E-state index is -0.696. The van der Waals surface area contributed by atoms with Crippen LogP contribution < -0.4 is 0 Å². The Bertz CT molecular complexity index is 1110. The third kappa shape index (κ3) is 11.1. The molecule has 3 heterocycles. The number of hydrogen-bond donors (Lipinski definition) is 0. The predicted octanol–water partition coefficient (Wildman–Crippen LogP) is 2.66. The maximum Gasteiger partial charge on any atom is 0.411 e. The molecule has 0 N–H and O–H groups in total. The Labute approximate surface area is 270 Å². The smallest absolute Gasteiger partial charge is 0.411 e. The molecule has 0 aromatic carbocycles. The Morgan fingerprint density at radius 3 is 1.37 bits per heavy atom. The van der Waals surface area contributed by atoms with E-state index in [4.69, 9.17) is 18.9 Å². The molecule has 14 nitrogen and oxygen atoms in total. The quantitative estimate of drug-likeness (QED) is 0.196. The number of piperazine rings is 1. The summed E-state index contributed by atoms with van der Waals surface area (Å²) in [5, 5.41) is 0. The first-order valence-corrected chi connectivity index (χ1v) is 15.7. The third-order valence-corrected chi connectivity index (χ3v) is 7.29. The zero-order valence-corrected chi connectivity index (χ0v) is 27.8. The molecule has 14 heteroatoms. The zero-order valence-electron chi connectivity index (χ0n) is 27.8. The van der Waals surface area contributed by atoms with E-state index < -0.39 is 47.4 Å². The van der Waals surface area contributed by atoms with Crippen LogP contribution in [0.1, 0.15) is 67.2 Å². The molecule has 46 heavy (non-hydrogen) atoms. The fraction of sp³-hybridized carbons (Fsp3) is 0.688. The molecule has 0 spiro atoms. The van der Waals surface area contributed by atoms with Crippen LogP contribution in [0.2, 0.25) is 0 Å². The van der Waals surface area contributed by atoms with Gasteiger partial charge in [0, 0.05) is 26.2 Å². The highest BCUT2D eigenvalue weighted by atomic mass is 16.6. The number of carbonyl (C=O) groups excluding carboxylic acids is 6. The van der Waals surface area contributed by atoms with Gasteiger partial charge in [0.25, 0.3) is 0 Å². The summed E-state index contributed by atoms with van der Waals surface area (Å²) in [6, 6.07) is -1.39. The van der Waals surface area contributed by atoms with Crippen molar-refractivity contribution in [3.05, 3.63) is 24.3 Å². The molecule has 3 rings (SSSR count).